The van der Waals surface area contributed by atoms with Gasteiger partial charge in [0, 0.05) is 23.9 Å². The Kier molecular flexibility index (Phi) is 15.3. The average Bonchev–Trinajstić information content (AvgIpc) is 2.97. The van der Waals surface area contributed by atoms with Crippen LogP contribution in [0.15, 0.2) is 49.1 Å². The van der Waals surface area contributed by atoms with Crippen LogP contribution < -0.4 is 10.6 Å². The van der Waals surface area contributed by atoms with Gasteiger partial charge in [-0.1, -0.05) is 32.1 Å². The van der Waals surface area contributed by atoms with Crippen LogP contribution in [0.2, 0.25) is 0 Å². The number of aromatic nitrogens is 4. The van der Waals surface area contributed by atoms with Crippen molar-refractivity contribution in [2.75, 3.05) is 36.2 Å². The van der Waals surface area contributed by atoms with E-state index < -0.39 is 43.7 Å². The number of anilines is 2. The predicted octanol–water partition coefficient (Wildman–Crippen LogP) is 6.87. The zero-order valence-corrected chi connectivity index (χ0v) is 28.0. The quantitative estimate of drug-likeness (QED) is 0.0672. The third-order valence-corrected chi connectivity index (χ3v) is 6.37. The van der Waals surface area contributed by atoms with E-state index in [-0.39, 0.29) is 11.0 Å². The maximum absolute atomic E-state index is 12.9. The van der Waals surface area contributed by atoms with Gasteiger partial charge in [0.15, 0.2) is 0 Å². The van der Waals surface area contributed by atoms with Gasteiger partial charge < -0.3 is 10.6 Å². The predicted molar refractivity (Wildman–Crippen MR) is 173 cm³/mol. The summed E-state index contributed by atoms with van der Waals surface area (Å²) in [5, 5.41) is 7.50. The minimum Gasteiger partial charge on any atom is -0.369 e. The summed E-state index contributed by atoms with van der Waals surface area (Å²) in [6.07, 6.45) is 2.16. The van der Waals surface area contributed by atoms with Crippen molar-refractivity contribution < 1.29 is 52.3 Å². The van der Waals surface area contributed by atoms with E-state index in [0.717, 1.165) is 69.2 Å². The molecule has 2 heterocycles. The topological polar surface area (TPSA) is 184 Å². The van der Waals surface area contributed by atoms with Crippen molar-refractivity contribution in [1.29, 1.82) is 0 Å². The fraction of sp³-hybridized carbons (Fsp3) is 0.448. The summed E-state index contributed by atoms with van der Waals surface area (Å²) in [6.45, 7) is 1.32. The standard InChI is InChI=1S/C27H28F6N6.2CH4O3S/c28-26(29,30)18-8-10-20-22(14-18)36-16-38-24(20)34-12-6-4-2-1-3-5-7-13-35-25-21-11-9-19(27(31,32)33)15-23(21)37-17-39-25;2*1-5(2,3)4/h8-11,14-17H,1-7,12-13H2,(H,34,36,38)(H,35,37,39);2*1H3,(H,2,3,4). The van der Waals surface area contributed by atoms with E-state index in [1.54, 1.807) is 0 Å². The molecule has 20 heteroatoms. The number of hydrogen-bond donors (Lipinski definition) is 4. The van der Waals surface area contributed by atoms with Crippen LogP contribution in [0.3, 0.4) is 0 Å². The second-order valence-corrected chi connectivity index (χ2v) is 13.6. The normalized spacial score (nSPS) is 12.1. The Bertz CT molecular complexity index is 1730. The summed E-state index contributed by atoms with van der Waals surface area (Å²) in [7, 11) is -7.33. The van der Waals surface area contributed by atoms with Crippen molar-refractivity contribution in [1.82, 2.24) is 19.9 Å². The smallest absolute Gasteiger partial charge is 0.369 e. The lowest BCUT2D eigenvalue weighted by atomic mass is 10.1. The molecular formula is C29H36F6N6O6S2. The Morgan fingerprint density at radius 1 is 0.571 bits per heavy atom. The molecule has 0 unspecified atom stereocenters. The first-order valence-corrected chi connectivity index (χ1v) is 18.3. The minimum atomic E-state index is -4.41. The molecule has 0 spiro atoms. The molecule has 0 saturated carbocycles. The van der Waals surface area contributed by atoms with Crippen LogP contribution in [-0.4, -0.2) is 71.5 Å². The zero-order chi connectivity index (χ0) is 36.9. The first-order chi connectivity index (χ1) is 22.6. The maximum Gasteiger partial charge on any atom is 0.416 e. The van der Waals surface area contributed by atoms with Crippen LogP contribution in [0, 0.1) is 0 Å². The first kappa shape index (κ1) is 41.3. The fourth-order valence-electron chi connectivity index (χ4n) is 4.30. The van der Waals surface area contributed by atoms with E-state index >= 15 is 0 Å². The van der Waals surface area contributed by atoms with Gasteiger partial charge in [0.25, 0.3) is 20.2 Å². The minimum absolute atomic E-state index is 0.250. The van der Waals surface area contributed by atoms with Crippen molar-refractivity contribution in [2.24, 2.45) is 0 Å². The monoisotopic (exact) mass is 742 g/mol. The molecule has 4 aromatic rings. The molecule has 2 aromatic carbocycles. The van der Waals surface area contributed by atoms with Crippen LogP contribution in [-0.2, 0) is 32.6 Å². The summed E-state index contributed by atoms with van der Waals surface area (Å²) < 4.78 is 129. The number of nitrogens with zero attached hydrogens (tertiary/aromatic N) is 4. The van der Waals surface area contributed by atoms with Crippen molar-refractivity contribution in [3.05, 3.63) is 60.2 Å². The van der Waals surface area contributed by atoms with Crippen LogP contribution in [0.5, 0.6) is 0 Å². The van der Waals surface area contributed by atoms with Gasteiger partial charge in [-0.15, -0.1) is 0 Å². The van der Waals surface area contributed by atoms with E-state index in [1.807, 2.05) is 0 Å². The molecule has 4 rings (SSSR count). The summed E-state index contributed by atoms with van der Waals surface area (Å²) in [6, 6.07) is 6.92. The van der Waals surface area contributed by atoms with Gasteiger partial charge in [-0.3, -0.25) is 9.11 Å². The molecule has 0 bridgehead atoms. The number of unbranched alkanes of at least 4 members (excludes halogenated alkanes) is 6. The van der Waals surface area contributed by atoms with Crippen LogP contribution in [0.1, 0.15) is 56.1 Å². The highest BCUT2D eigenvalue weighted by atomic mass is 32.2. The lowest BCUT2D eigenvalue weighted by Gasteiger charge is -2.11. The van der Waals surface area contributed by atoms with Gasteiger partial charge in [0.1, 0.15) is 24.3 Å². The summed E-state index contributed by atoms with van der Waals surface area (Å²) in [5.74, 6) is 1.05. The third-order valence-electron chi connectivity index (χ3n) is 6.37. The van der Waals surface area contributed by atoms with Gasteiger partial charge >= 0.3 is 12.4 Å². The Hall–Kier alpha value is -3.88. The summed E-state index contributed by atoms with van der Waals surface area (Å²) >= 11 is 0. The van der Waals surface area contributed by atoms with Gasteiger partial charge in [-0.2, -0.15) is 43.2 Å². The Morgan fingerprint density at radius 3 is 1.18 bits per heavy atom. The third kappa shape index (κ3) is 16.9. The molecule has 0 aliphatic rings. The molecular weight excluding hydrogens is 706 g/mol. The second-order valence-electron chi connectivity index (χ2n) is 10.7. The van der Waals surface area contributed by atoms with Crippen molar-refractivity contribution >= 4 is 53.7 Å². The highest BCUT2D eigenvalue weighted by Gasteiger charge is 2.31. The number of rotatable bonds is 12. The van der Waals surface area contributed by atoms with E-state index in [9.17, 15) is 43.2 Å². The van der Waals surface area contributed by atoms with Gasteiger partial charge in [-0.05, 0) is 49.2 Å². The number of benzene rings is 2. The molecule has 0 atom stereocenters. The van der Waals surface area contributed by atoms with Gasteiger partial charge in [0.05, 0.1) is 34.7 Å². The number of halogens is 6. The number of alkyl halides is 6. The fourth-order valence-corrected chi connectivity index (χ4v) is 4.30. The van der Waals surface area contributed by atoms with Crippen LogP contribution in [0.4, 0.5) is 38.0 Å². The van der Waals surface area contributed by atoms with Crippen molar-refractivity contribution in [2.45, 2.75) is 57.3 Å². The maximum atomic E-state index is 12.9. The highest BCUT2D eigenvalue weighted by Crippen LogP contribution is 2.33. The lowest BCUT2D eigenvalue weighted by molar-refractivity contribution is -0.138. The van der Waals surface area contributed by atoms with E-state index in [4.69, 9.17) is 9.11 Å². The Morgan fingerprint density at radius 2 is 0.878 bits per heavy atom. The lowest BCUT2D eigenvalue weighted by Crippen LogP contribution is -2.07. The van der Waals surface area contributed by atoms with Crippen LogP contribution in [0.25, 0.3) is 21.8 Å². The van der Waals surface area contributed by atoms with E-state index in [2.05, 4.69) is 30.6 Å². The first-order valence-electron chi connectivity index (χ1n) is 14.6. The molecule has 0 saturated heterocycles. The molecule has 272 valence electrons. The van der Waals surface area contributed by atoms with Gasteiger partial charge in [0.2, 0.25) is 0 Å². The van der Waals surface area contributed by atoms with Gasteiger partial charge in [-0.25, -0.2) is 19.9 Å². The molecule has 2 aromatic heterocycles. The average molecular weight is 743 g/mol. The largest absolute Gasteiger partial charge is 0.416 e. The molecule has 49 heavy (non-hydrogen) atoms. The number of hydrogen-bond acceptors (Lipinski definition) is 10. The van der Waals surface area contributed by atoms with E-state index in [1.165, 1.54) is 24.8 Å². The molecule has 0 amide bonds. The summed E-state index contributed by atoms with van der Waals surface area (Å²) in [4.78, 5) is 16.2. The highest BCUT2D eigenvalue weighted by molar-refractivity contribution is 7.85. The molecule has 12 nitrogen and oxygen atoms in total. The number of nitrogens with one attached hydrogen (secondary N) is 2. The molecule has 0 aliphatic heterocycles. The molecule has 4 N–H and O–H groups in total. The van der Waals surface area contributed by atoms with Crippen molar-refractivity contribution in [3.63, 3.8) is 0 Å². The Balaban J connectivity index is 0.000000730. The SMILES string of the molecule is CS(=O)(=O)O.CS(=O)(=O)O.FC(F)(F)c1ccc2c(NCCCCCCCCCNc3ncnc4cc(C(F)(F)F)ccc34)ncnc2c1. The number of fused-ring (bicyclic) bond motifs is 2. The van der Waals surface area contributed by atoms with Crippen LogP contribution >= 0.6 is 0 Å². The molecule has 0 aliphatic carbocycles. The molecule has 0 fully saturated rings. The summed E-state index contributed by atoms with van der Waals surface area (Å²) in [5.41, 5.74) is -0.970. The molecule has 0 radical (unpaired) electrons. The second kappa shape index (κ2) is 18.2. The zero-order valence-electron chi connectivity index (χ0n) is 26.4. The van der Waals surface area contributed by atoms with Crippen molar-refractivity contribution in [3.8, 4) is 0 Å². The van der Waals surface area contributed by atoms with E-state index in [0.29, 0.717) is 48.0 Å². The Labute approximate surface area is 279 Å².